The monoisotopic (exact) mass is 233 g/mol. The van der Waals surface area contributed by atoms with Gasteiger partial charge < -0.3 is 9.84 Å². The van der Waals surface area contributed by atoms with Gasteiger partial charge in [-0.05, 0) is 26.0 Å². The number of ether oxygens (including phenoxy) is 1. The van der Waals surface area contributed by atoms with Gasteiger partial charge in [0.05, 0.1) is 6.61 Å². The fourth-order valence-corrected chi connectivity index (χ4v) is 3.05. The Kier molecular flexibility index (Phi) is 4.89. The molecule has 1 rings (SSSR count). The molecule has 0 spiro atoms. The Balaban J connectivity index is 2.48. The van der Waals surface area contributed by atoms with Gasteiger partial charge >= 0.3 is 5.97 Å². The number of carbonyl (C=O) groups is 1. The number of rotatable bonds is 6. The lowest BCUT2D eigenvalue weighted by Crippen LogP contribution is -2.56. The van der Waals surface area contributed by atoms with Crippen LogP contribution in [0.2, 0.25) is 0 Å². The van der Waals surface area contributed by atoms with E-state index in [1.807, 2.05) is 13.8 Å². The summed E-state index contributed by atoms with van der Waals surface area (Å²) in [4.78, 5) is 11.2. The number of hydrogen-bond acceptors (Lipinski definition) is 4. The Labute approximate surface area is 94.8 Å². The average molecular weight is 233 g/mol. The van der Waals surface area contributed by atoms with Gasteiger partial charge in [-0.3, -0.25) is 10.1 Å². The summed E-state index contributed by atoms with van der Waals surface area (Å²) in [6.07, 6.45) is 0.698. The van der Waals surface area contributed by atoms with Crippen molar-refractivity contribution in [1.29, 1.82) is 0 Å². The van der Waals surface area contributed by atoms with E-state index >= 15 is 0 Å². The molecule has 1 aliphatic rings. The van der Waals surface area contributed by atoms with Crippen molar-refractivity contribution in [3.63, 3.8) is 0 Å². The largest absolute Gasteiger partial charge is 0.480 e. The molecule has 0 aliphatic carbocycles. The first kappa shape index (κ1) is 12.8. The predicted molar refractivity (Wildman–Crippen MR) is 61.4 cm³/mol. The van der Waals surface area contributed by atoms with E-state index in [2.05, 4.69) is 5.32 Å². The van der Waals surface area contributed by atoms with Crippen LogP contribution in [0, 0.1) is 0 Å². The van der Waals surface area contributed by atoms with Gasteiger partial charge in [-0.1, -0.05) is 0 Å². The van der Waals surface area contributed by atoms with Crippen molar-refractivity contribution in [2.24, 2.45) is 0 Å². The molecule has 1 saturated heterocycles. The van der Waals surface area contributed by atoms with Crippen molar-refractivity contribution in [2.75, 3.05) is 24.7 Å². The van der Waals surface area contributed by atoms with Gasteiger partial charge in [0.15, 0.2) is 0 Å². The molecule has 0 aromatic rings. The summed E-state index contributed by atoms with van der Waals surface area (Å²) in [6, 6.07) is 0.0831. The Morgan fingerprint density at radius 2 is 2.47 bits per heavy atom. The first-order chi connectivity index (χ1) is 7.10. The molecule has 2 N–H and O–H groups in total. The molecule has 2 unspecified atom stereocenters. The third-order valence-electron chi connectivity index (χ3n) is 2.53. The molecule has 1 fully saturated rings. The van der Waals surface area contributed by atoms with Crippen LogP contribution in [-0.4, -0.2) is 47.4 Å². The molecule has 88 valence electrons. The molecule has 0 saturated carbocycles. The van der Waals surface area contributed by atoms with Gasteiger partial charge in [0.25, 0.3) is 0 Å². The third kappa shape index (κ3) is 3.36. The molecule has 0 radical (unpaired) electrons. The minimum atomic E-state index is -0.740. The second-order valence-electron chi connectivity index (χ2n) is 3.89. The van der Waals surface area contributed by atoms with Crippen molar-refractivity contribution in [3.05, 3.63) is 0 Å². The highest BCUT2D eigenvalue weighted by molar-refractivity contribution is 7.99. The molecule has 5 heteroatoms. The summed E-state index contributed by atoms with van der Waals surface area (Å²) in [5.74, 6) is 0.829. The molecule has 0 bridgehead atoms. The van der Waals surface area contributed by atoms with E-state index in [1.165, 1.54) is 0 Å². The molecular formula is C10H19NO3S. The zero-order valence-corrected chi connectivity index (χ0v) is 10.1. The highest BCUT2D eigenvalue weighted by Gasteiger charge is 2.42. The molecule has 0 aromatic carbocycles. The van der Waals surface area contributed by atoms with Crippen LogP contribution in [0.25, 0.3) is 0 Å². The van der Waals surface area contributed by atoms with Gasteiger partial charge in [-0.15, -0.1) is 0 Å². The normalized spacial score (nSPS) is 27.9. The average Bonchev–Trinajstić information content (AvgIpc) is 2.64. The lowest BCUT2D eigenvalue weighted by molar-refractivity contribution is -0.144. The van der Waals surface area contributed by atoms with Gasteiger partial charge in [0.1, 0.15) is 5.54 Å². The number of carboxylic acids is 1. The minimum Gasteiger partial charge on any atom is -0.480 e. The standard InChI is InChI=1S/C10H19NO3S/c1-3-14-6-8(2)11-10(9(12)13)4-5-15-7-10/h8,11H,3-7H2,1-2H3,(H,12,13). The van der Waals surface area contributed by atoms with E-state index in [0.29, 0.717) is 25.4 Å². The second-order valence-corrected chi connectivity index (χ2v) is 5.00. The van der Waals surface area contributed by atoms with Crippen LogP contribution in [0.15, 0.2) is 0 Å². The topological polar surface area (TPSA) is 58.6 Å². The van der Waals surface area contributed by atoms with Crippen molar-refractivity contribution < 1.29 is 14.6 Å². The van der Waals surface area contributed by atoms with Crippen LogP contribution >= 0.6 is 11.8 Å². The van der Waals surface area contributed by atoms with E-state index in [9.17, 15) is 9.90 Å². The van der Waals surface area contributed by atoms with Gasteiger partial charge in [0.2, 0.25) is 0 Å². The molecular weight excluding hydrogens is 214 g/mol. The quantitative estimate of drug-likeness (QED) is 0.715. The fraction of sp³-hybridized carbons (Fsp3) is 0.900. The van der Waals surface area contributed by atoms with Crippen LogP contribution in [0.4, 0.5) is 0 Å². The van der Waals surface area contributed by atoms with Crippen molar-refractivity contribution in [1.82, 2.24) is 5.32 Å². The Hall–Kier alpha value is -0.260. The molecule has 1 aliphatic heterocycles. The maximum atomic E-state index is 11.2. The first-order valence-electron chi connectivity index (χ1n) is 5.27. The highest BCUT2D eigenvalue weighted by atomic mass is 32.2. The third-order valence-corrected chi connectivity index (χ3v) is 3.72. The van der Waals surface area contributed by atoms with Crippen LogP contribution in [0.1, 0.15) is 20.3 Å². The number of aliphatic carboxylic acids is 1. The van der Waals surface area contributed by atoms with E-state index in [4.69, 9.17) is 4.74 Å². The highest BCUT2D eigenvalue weighted by Crippen LogP contribution is 2.28. The Morgan fingerprint density at radius 1 is 1.73 bits per heavy atom. The van der Waals surface area contributed by atoms with Crippen molar-refractivity contribution >= 4 is 17.7 Å². The smallest absolute Gasteiger partial charge is 0.324 e. The first-order valence-corrected chi connectivity index (χ1v) is 6.43. The summed E-state index contributed by atoms with van der Waals surface area (Å²) in [5.41, 5.74) is -0.735. The fourth-order valence-electron chi connectivity index (χ4n) is 1.72. The number of hydrogen-bond donors (Lipinski definition) is 2. The number of thioether (sulfide) groups is 1. The lowest BCUT2D eigenvalue weighted by atomic mass is 9.98. The summed E-state index contributed by atoms with van der Waals surface area (Å²) in [7, 11) is 0. The molecule has 0 amide bonds. The van der Waals surface area contributed by atoms with Gasteiger partial charge in [-0.2, -0.15) is 11.8 Å². The lowest BCUT2D eigenvalue weighted by Gasteiger charge is -2.28. The molecule has 1 heterocycles. The van der Waals surface area contributed by atoms with E-state index in [0.717, 1.165) is 5.75 Å². The van der Waals surface area contributed by atoms with Crippen LogP contribution in [0.5, 0.6) is 0 Å². The Morgan fingerprint density at radius 3 is 2.93 bits per heavy atom. The van der Waals surface area contributed by atoms with Crippen molar-refractivity contribution in [3.8, 4) is 0 Å². The summed E-state index contributed by atoms with van der Waals surface area (Å²) >= 11 is 1.69. The van der Waals surface area contributed by atoms with Crippen molar-refractivity contribution in [2.45, 2.75) is 31.8 Å². The van der Waals surface area contributed by atoms with E-state index < -0.39 is 11.5 Å². The Bertz CT molecular complexity index is 217. The number of carboxylic acid groups (broad SMARTS) is 1. The van der Waals surface area contributed by atoms with E-state index in [-0.39, 0.29) is 6.04 Å². The summed E-state index contributed by atoms with van der Waals surface area (Å²) in [5, 5.41) is 12.4. The van der Waals surface area contributed by atoms with Crippen LogP contribution < -0.4 is 5.32 Å². The minimum absolute atomic E-state index is 0.0831. The predicted octanol–water partition coefficient (Wildman–Crippen LogP) is 0.961. The SMILES string of the molecule is CCOCC(C)NC1(C(=O)O)CCSC1. The zero-order chi connectivity index (χ0) is 11.3. The maximum Gasteiger partial charge on any atom is 0.324 e. The van der Waals surface area contributed by atoms with Crippen LogP contribution in [0.3, 0.4) is 0 Å². The molecule has 0 aromatic heterocycles. The van der Waals surface area contributed by atoms with E-state index in [1.54, 1.807) is 11.8 Å². The van der Waals surface area contributed by atoms with Gasteiger partial charge in [-0.25, -0.2) is 0 Å². The van der Waals surface area contributed by atoms with Gasteiger partial charge in [0, 0.05) is 18.4 Å². The zero-order valence-electron chi connectivity index (χ0n) is 9.28. The second kappa shape index (κ2) is 5.72. The number of nitrogens with one attached hydrogen (secondary N) is 1. The maximum absolute atomic E-state index is 11.2. The summed E-state index contributed by atoms with van der Waals surface area (Å²) in [6.45, 7) is 5.13. The molecule has 4 nitrogen and oxygen atoms in total. The molecule has 2 atom stereocenters. The summed E-state index contributed by atoms with van der Waals surface area (Å²) < 4.78 is 5.27. The van der Waals surface area contributed by atoms with Crippen LogP contribution in [-0.2, 0) is 9.53 Å². The molecule has 15 heavy (non-hydrogen) atoms.